The van der Waals surface area contributed by atoms with Crippen LogP contribution in [-0.4, -0.2) is 21.7 Å². The second kappa shape index (κ2) is 8.74. The highest BCUT2D eigenvalue weighted by molar-refractivity contribution is 7.99. The minimum absolute atomic E-state index is 0.0582. The molecule has 0 bridgehead atoms. The third-order valence-electron chi connectivity index (χ3n) is 4.70. The summed E-state index contributed by atoms with van der Waals surface area (Å²) in [6, 6.07) is 18.1. The van der Waals surface area contributed by atoms with Crippen LogP contribution in [0.25, 0.3) is 0 Å². The first-order valence-electron chi connectivity index (χ1n) is 9.47. The quantitative estimate of drug-likeness (QED) is 0.381. The molecule has 1 aromatic heterocycles. The lowest BCUT2D eigenvalue weighted by Gasteiger charge is -2.18. The fourth-order valence-corrected chi connectivity index (χ4v) is 3.58. The summed E-state index contributed by atoms with van der Waals surface area (Å²) in [4.78, 5) is 12.4. The van der Waals surface area contributed by atoms with E-state index < -0.39 is 0 Å². The van der Waals surface area contributed by atoms with E-state index in [1.165, 1.54) is 22.9 Å². The van der Waals surface area contributed by atoms with Crippen molar-refractivity contribution in [2.45, 2.75) is 50.7 Å². The van der Waals surface area contributed by atoms with Crippen molar-refractivity contribution in [3.63, 3.8) is 0 Å². The van der Waals surface area contributed by atoms with Crippen LogP contribution in [0.1, 0.15) is 61.0 Å². The van der Waals surface area contributed by atoms with Crippen LogP contribution < -0.4 is 0 Å². The summed E-state index contributed by atoms with van der Waals surface area (Å²) in [6.45, 7) is 8.61. The topological polar surface area (TPSA) is 56.0 Å². The molecule has 0 aliphatic carbocycles. The second-order valence-electron chi connectivity index (χ2n) is 8.02. The first-order chi connectivity index (χ1) is 13.3. The fraction of sp³-hybridized carbons (Fsp3) is 0.348. The van der Waals surface area contributed by atoms with Crippen LogP contribution in [-0.2, 0) is 11.8 Å². The molecule has 0 aliphatic rings. The molecule has 0 aliphatic heterocycles. The first kappa shape index (κ1) is 20.3. The van der Waals surface area contributed by atoms with E-state index in [2.05, 4.69) is 50.0 Å². The van der Waals surface area contributed by atoms with Crippen LogP contribution in [0.3, 0.4) is 0 Å². The van der Waals surface area contributed by atoms with Crippen molar-refractivity contribution in [1.29, 1.82) is 0 Å². The Morgan fingerprint density at radius 2 is 1.71 bits per heavy atom. The van der Waals surface area contributed by atoms with Gasteiger partial charge in [-0.15, -0.1) is 10.2 Å². The summed E-state index contributed by atoms with van der Waals surface area (Å²) < 4.78 is 5.71. The first-order valence-corrected chi connectivity index (χ1v) is 10.5. The Hall–Kier alpha value is -2.40. The van der Waals surface area contributed by atoms with E-state index in [0.29, 0.717) is 29.0 Å². The van der Waals surface area contributed by atoms with E-state index in [4.69, 9.17) is 4.42 Å². The predicted molar refractivity (Wildman–Crippen MR) is 113 cm³/mol. The zero-order valence-electron chi connectivity index (χ0n) is 16.8. The van der Waals surface area contributed by atoms with Crippen LogP contribution in [0.15, 0.2) is 64.2 Å². The molecule has 5 heteroatoms. The number of nitrogens with zero attached hydrogens (tertiary/aromatic N) is 2. The van der Waals surface area contributed by atoms with Crippen molar-refractivity contribution in [1.82, 2.24) is 10.2 Å². The molecule has 146 valence electrons. The van der Waals surface area contributed by atoms with Crippen molar-refractivity contribution in [3.05, 3.63) is 77.2 Å². The van der Waals surface area contributed by atoms with Crippen LogP contribution in [0, 0.1) is 0 Å². The number of aromatic nitrogens is 2. The number of rotatable bonds is 7. The highest BCUT2D eigenvalue weighted by Crippen LogP contribution is 2.24. The van der Waals surface area contributed by atoms with Crippen molar-refractivity contribution < 1.29 is 9.21 Å². The molecule has 0 amide bonds. The van der Waals surface area contributed by atoms with Crippen molar-refractivity contribution >= 4 is 17.5 Å². The van der Waals surface area contributed by atoms with Gasteiger partial charge in [0.25, 0.3) is 5.22 Å². The fourth-order valence-electron chi connectivity index (χ4n) is 2.91. The number of hydrogen-bond donors (Lipinski definition) is 0. The zero-order valence-corrected chi connectivity index (χ0v) is 17.6. The highest BCUT2D eigenvalue weighted by Gasteiger charge is 2.16. The highest BCUT2D eigenvalue weighted by atomic mass is 32.2. The van der Waals surface area contributed by atoms with Gasteiger partial charge in [0.15, 0.2) is 5.78 Å². The minimum Gasteiger partial charge on any atom is -0.416 e. The third-order valence-corrected chi connectivity index (χ3v) is 5.52. The molecule has 0 radical (unpaired) electrons. The number of ketones is 1. The Morgan fingerprint density at radius 3 is 2.36 bits per heavy atom. The van der Waals surface area contributed by atoms with Gasteiger partial charge in [-0.2, -0.15) is 0 Å². The van der Waals surface area contributed by atoms with Crippen LogP contribution in [0.5, 0.6) is 0 Å². The lowest BCUT2D eigenvalue weighted by Crippen LogP contribution is -2.11. The van der Waals surface area contributed by atoms with E-state index in [1.54, 1.807) is 0 Å². The standard InChI is InChI=1S/C23H26N2O2S/c1-16(17-8-6-5-7-9-17)14-21-24-25-22(27-21)28-15-20(26)18-10-12-19(13-11-18)23(2,3)4/h5-13,16H,14-15H2,1-4H3. The van der Waals surface area contributed by atoms with Gasteiger partial charge >= 0.3 is 0 Å². The summed E-state index contributed by atoms with van der Waals surface area (Å²) in [5, 5.41) is 8.63. The van der Waals surface area contributed by atoms with Gasteiger partial charge in [0, 0.05) is 12.0 Å². The van der Waals surface area contributed by atoms with Crippen molar-refractivity contribution in [2.75, 3.05) is 5.75 Å². The Morgan fingerprint density at radius 1 is 1.04 bits per heavy atom. The molecule has 3 aromatic rings. The summed E-state index contributed by atoms with van der Waals surface area (Å²) in [6.07, 6.45) is 0.680. The Labute approximate surface area is 170 Å². The van der Waals surface area contributed by atoms with Crippen LogP contribution in [0.2, 0.25) is 0 Å². The summed E-state index contributed by atoms with van der Waals surface area (Å²) in [5.74, 6) is 1.23. The molecule has 0 spiro atoms. The molecule has 1 unspecified atom stereocenters. The van der Waals surface area contributed by atoms with Gasteiger partial charge in [0.2, 0.25) is 5.89 Å². The van der Waals surface area contributed by atoms with Crippen LogP contribution in [0.4, 0.5) is 0 Å². The number of Topliss-reactive ketones (excluding diaryl/α,β-unsaturated/α-hetero) is 1. The van der Waals surface area contributed by atoms with Gasteiger partial charge in [0.1, 0.15) is 0 Å². The maximum atomic E-state index is 12.4. The van der Waals surface area contributed by atoms with E-state index in [-0.39, 0.29) is 17.0 Å². The molecule has 0 N–H and O–H groups in total. The van der Waals surface area contributed by atoms with E-state index in [1.807, 2.05) is 42.5 Å². The Kier molecular flexibility index (Phi) is 6.35. The van der Waals surface area contributed by atoms with E-state index in [0.717, 1.165) is 0 Å². The van der Waals surface area contributed by atoms with Gasteiger partial charge < -0.3 is 4.42 Å². The largest absolute Gasteiger partial charge is 0.416 e. The number of carbonyl (C=O) groups excluding carboxylic acids is 1. The second-order valence-corrected chi connectivity index (χ2v) is 8.94. The number of benzene rings is 2. The third kappa shape index (κ3) is 5.32. The summed E-state index contributed by atoms with van der Waals surface area (Å²) in [5.41, 5.74) is 3.24. The Bertz CT molecular complexity index is 912. The average molecular weight is 395 g/mol. The smallest absolute Gasteiger partial charge is 0.277 e. The van der Waals surface area contributed by atoms with Gasteiger partial charge in [-0.1, -0.05) is 94.1 Å². The molecule has 0 saturated carbocycles. The molecule has 2 aromatic carbocycles. The lowest BCUT2D eigenvalue weighted by atomic mass is 9.86. The minimum atomic E-state index is 0.0582. The van der Waals surface area contributed by atoms with Gasteiger partial charge in [-0.05, 0) is 22.5 Å². The molecule has 3 rings (SSSR count). The SMILES string of the molecule is CC(Cc1nnc(SCC(=O)c2ccc(C(C)(C)C)cc2)o1)c1ccccc1. The van der Waals surface area contributed by atoms with Gasteiger partial charge in [0.05, 0.1) is 5.75 Å². The maximum absolute atomic E-state index is 12.4. The summed E-state index contributed by atoms with van der Waals surface area (Å²) >= 11 is 1.29. The molecule has 0 fully saturated rings. The molecular formula is C23H26N2O2S. The molecule has 0 saturated heterocycles. The Balaban J connectivity index is 1.54. The van der Waals surface area contributed by atoms with Crippen molar-refractivity contribution in [2.24, 2.45) is 0 Å². The lowest BCUT2D eigenvalue weighted by molar-refractivity contribution is 0.102. The van der Waals surface area contributed by atoms with Crippen LogP contribution >= 0.6 is 11.8 Å². The normalized spacial score (nSPS) is 12.7. The number of hydrogen-bond acceptors (Lipinski definition) is 5. The van der Waals surface area contributed by atoms with E-state index in [9.17, 15) is 4.79 Å². The molecule has 1 heterocycles. The van der Waals surface area contributed by atoms with Gasteiger partial charge in [-0.25, -0.2) is 0 Å². The number of carbonyl (C=O) groups is 1. The molecule has 1 atom stereocenters. The number of thioether (sulfide) groups is 1. The molecule has 4 nitrogen and oxygen atoms in total. The summed E-state index contributed by atoms with van der Waals surface area (Å²) in [7, 11) is 0. The molecular weight excluding hydrogens is 368 g/mol. The molecule has 28 heavy (non-hydrogen) atoms. The monoisotopic (exact) mass is 394 g/mol. The zero-order chi connectivity index (χ0) is 20.1. The van der Waals surface area contributed by atoms with Crippen molar-refractivity contribution in [3.8, 4) is 0 Å². The van der Waals surface area contributed by atoms with Gasteiger partial charge in [-0.3, -0.25) is 4.79 Å². The average Bonchev–Trinajstić information content (AvgIpc) is 3.13. The maximum Gasteiger partial charge on any atom is 0.277 e. The van der Waals surface area contributed by atoms with E-state index >= 15 is 0 Å². The predicted octanol–water partition coefficient (Wildman–Crippen LogP) is 5.69.